The van der Waals surface area contributed by atoms with Gasteiger partial charge in [-0.2, -0.15) is 0 Å². The molecular weight excluding hydrogens is 366 g/mol. The van der Waals surface area contributed by atoms with Crippen molar-refractivity contribution in [2.24, 2.45) is 0 Å². The first-order valence-electron chi connectivity index (χ1n) is 8.06. The van der Waals surface area contributed by atoms with Crippen LogP contribution in [0, 0.1) is 0 Å². The molecule has 0 atom stereocenters. The molecule has 3 amide bonds. The summed E-state index contributed by atoms with van der Waals surface area (Å²) in [6, 6.07) is 13.4. The van der Waals surface area contributed by atoms with Crippen LogP contribution in [-0.2, 0) is 4.79 Å². The van der Waals surface area contributed by atoms with E-state index in [0.29, 0.717) is 16.3 Å². The predicted octanol–water partition coefficient (Wildman–Crippen LogP) is 3.30. The third-order valence-corrected chi connectivity index (χ3v) is 4.49. The lowest BCUT2D eigenvalue weighted by Gasteiger charge is -2.16. The zero-order valence-electron chi connectivity index (χ0n) is 14.5. The smallest absolute Gasteiger partial charge is 0.291 e. The number of amides is 3. The second kappa shape index (κ2) is 8.33. The van der Waals surface area contributed by atoms with Crippen LogP contribution in [0.5, 0.6) is 0 Å². The van der Waals surface area contributed by atoms with E-state index >= 15 is 0 Å². The van der Waals surface area contributed by atoms with Gasteiger partial charge in [-0.3, -0.25) is 14.4 Å². The van der Waals surface area contributed by atoms with Gasteiger partial charge in [0.25, 0.3) is 11.8 Å². The van der Waals surface area contributed by atoms with Crippen LogP contribution in [-0.4, -0.2) is 36.2 Å². The molecule has 1 aromatic carbocycles. The first-order valence-corrected chi connectivity index (χ1v) is 8.94. The van der Waals surface area contributed by atoms with Crippen molar-refractivity contribution in [1.29, 1.82) is 0 Å². The molecule has 0 saturated heterocycles. The SMILES string of the molecule is CN(CC(=O)Nc1ccc(NC(=O)c2ccco2)cc1)C(=O)c1cccs1. The zero-order valence-corrected chi connectivity index (χ0v) is 15.3. The molecular formula is C19H17N3O4S. The van der Waals surface area contributed by atoms with Crippen molar-refractivity contribution < 1.29 is 18.8 Å². The first kappa shape index (κ1) is 18.4. The highest BCUT2D eigenvalue weighted by Gasteiger charge is 2.16. The molecule has 0 unspecified atom stereocenters. The average Bonchev–Trinajstić information content (AvgIpc) is 3.36. The van der Waals surface area contributed by atoms with E-state index in [0.717, 1.165) is 0 Å². The molecule has 0 fully saturated rings. The molecule has 2 aromatic heterocycles. The van der Waals surface area contributed by atoms with Gasteiger partial charge in [0.1, 0.15) is 0 Å². The Hall–Kier alpha value is -3.39. The summed E-state index contributed by atoms with van der Waals surface area (Å²) >= 11 is 1.33. The molecule has 3 rings (SSSR count). The minimum Gasteiger partial charge on any atom is -0.459 e. The Balaban J connectivity index is 1.52. The monoisotopic (exact) mass is 383 g/mol. The summed E-state index contributed by atoms with van der Waals surface area (Å²) in [7, 11) is 1.58. The van der Waals surface area contributed by atoms with Crippen LogP contribution in [0.1, 0.15) is 20.2 Å². The fourth-order valence-corrected chi connectivity index (χ4v) is 3.03. The topological polar surface area (TPSA) is 91.7 Å². The van der Waals surface area contributed by atoms with Crippen molar-refractivity contribution in [2.75, 3.05) is 24.2 Å². The van der Waals surface area contributed by atoms with Gasteiger partial charge >= 0.3 is 0 Å². The van der Waals surface area contributed by atoms with Gasteiger partial charge in [0.2, 0.25) is 5.91 Å². The van der Waals surface area contributed by atoms with Gasteiger partial charge in [0, 0.05) is 18.4 Å². The summed E-state index contributed by atoms with van der Waals surface area (Å²) in [5.41, 5.74) is 1.13. The number of rotatable bonds is 6. The molecule has 27 heavy (non-hydrogen) atoms. The molecule has 0 aliphatic heterocycles. The van der Waals surface area contributed by atoms with E-state index < -0.39 is 0 Å². The van der Waals surface area contributed by atoms with Gasteiger partial charge in [-0.25, -0.2) is 0 Å². The maximum Gasteiger partial charge on any atom is 0.291 e. The molecule has 0 radical (unpaired) electrons. The summed E-state index contributed by atoms with van der Waals surface area (Å²) in [5.74, 6) is -0.651. The standard InChI is InChI=1S/C19H17N3O4S/c1-22(19(25)16-5-3-11-27-16)12-17(23)20-13-6-8-14(9-7-13)21-18(24)15-4-2-10-26-15/h2-11H,12H2,1H3,(H,20,23)(H,21,24). The van der Waals surface area contributed by atoms with Crippen LogP contribution in [0.25, 0.3) is 0 Å². The highest BCUT2D eigenvalue weighted by Crippen LogP contribution is 2.15. The van der Waals surface area contributed by atoms with Crippen LogP contribution in [0.4, 0.5) is 11.4 Å². The fraction of sp³-hybridized carbons (Fsp3) is 0.105. The lowest BCUT2D eigenvalue weighted by Crippen LogP contribution is -2.34. The molecule has 8 heteroatoms. The third kappa shape index (κ3) is 4.83. The molecule has 0 aliphatic rings. The van der Waals surface area contributed by atoms with Crippen LogP contribution >= 0.6 is 11.3 Å². The Morgan fingerprint density at radius 1 is 1.00 bits per heavy atom. The minimum absolute atomic E-state index is 0.0618. The van der Waals surface area contributed by atoms with Crippen LogP contribution in [0.2, 0.25) is 0 Å². The van der Waals surface area contributed by atoms with Gasteiger partial charge in [0.15, 0.2) is 5.76 Å². The second-order valence-electron chi connectivity index (χ2n) is 5.70. The van der Waals surface area contributed by atoms with Gasteiger partial charge in [0.05, 0.1) is 17.7 Å². The summed E-state index contributed by atoms with van der Waals surface area (Å²) < 4.78 is 5.03. The van der Waals surface area contributed by atoms with E-state index in [-0.39, 0.29) is 30.0 Å². The average molecular weight is 383 g/mol. The molecule has 0 bridgehead atoms. The summed E-state index contributed by atoms with van der Waals surface area (Å²) in [4.78, 5) is 38.1. The number of nitrogens with zero attached hydrogens (tertiary/aromatic N) is 1. The number of thiophene rings is 1. The van der Waals surface area contributed by atoms with Gasteiger partial charge in [-0.05, 0) is 47.8 Å². The number of likely N-dealkylation sites (N-methyl/N-ethyl adjacent to an activating group) is 1. The van der Waals surface area contributed by atoms with E-state index in [1.165, 1.54) is 22.5 Å². The molecule has 0 spiro atoms. The highest BCUT2D eigenvalue weighted by molar-refractivity contribution is 7.12. The Morgan fingerprint density at radius 2 is 1.70 bits per heavy atom. The minimum atomic E-state index is -0.356. The Bertz CT molecular complexity index is 919. The van der Waals surface area contributed by atoms with Gasteiger partial charge < -0.3 is 20.0 Å². The Labute approximate surface area is 159 Å². The van der Waals surface area contributed by atoms with Crippen molar-refractivity contribution in [3.63, 3.8) is 0 Å². The Morgan fingerprint density at radius 3 is 2.30 bits per heavy atom. The van der Waals surface area contributed by atoms with E-state index in [2.05, 4.69) is 10.6 Å². The number of carbonyl (C=O) groups is 3. The van der Waals surface area contributed by atoms with Crippen molar-refractivity contribution >= 4 is 40.4 Å². The number of hydrogen-bond donors (Lipinski definition) is 2. The fourth-order valence-electron chi connectivity index (χ4n) is 2.31. The van der Waals surface area contributed by atoms with Crippen LogP contribution in [0.15, 0.2) is 64.6 Å². The molecule has 2 heterocycles. The third-order valence-electron chi connectivity index (χ3n) is 3.63. The maximum absolute atomic E-state index is 12.1. The van der Waals surface area contributed by atoms with E-state index in [1.807, 2.05) is 5.38 Å². The lowest BCUT2D eigenvalue weighted by molar-refractivity contribution is -0.116. The number of furan rings is 1. The quantitative estimate of drug-likeness (QED) is 0.683. The van der Waals surface area contributed by atoms with Gasteiger partial charge in [-0.15, -0.1) is 11.3 Å². The lowest BCUT2D eigenvalue weighted by atomic mass is 10.2. The van der Waals surface area contributed by atoms with Crippen molar-refractivity contribution in [2.45, 2.75) is 0 Å². The van der Waals surface area contributed by atoms with Crippen molar-refractivity contribution in [3.8, 4) is 0 Å². The summed E-state index contributed by atoms with van der Waals surface area (Å²) in [6.45, 7) is -0.0618. The van der Waals surface area contributed by atoms with Crippen molar-refractivity contribution in [3.05, 3.63) is 70.8 Å². The van der Waals surface area contributed by atoms with E-state index in [1.54, 1.807) is 55.6 Å². The number of nitrogens with one attached hydrogen (secondary N) is 2. The number of carbonyl (C=O) groups excluding carboxylic acids is 3. The molecule has 3 aromatic rings. The molecule has 0 saturated carbocycles. The molecule has 138 valence electrons. The van der Waals surface area contributed by atoms with E-state index in [9.17, 15) is 14.4 Å². The number of anilines is 2. The molecule has 7 nitrogen and oxygen atoms in total. The second-order valence-corrected chi connectivity index (χ2v) is 6.64. The number of benzene rings is 1. The summed E-state index contributed by atoms with van der Waals surface area (Å²) in [6.07, 6.45) is 1.42. The van der Waals surface area contributed by atoms with E-state index in [4.69, 9.17) is 4.42 Å². The largest absolute Gasteiger partial charge is 0.459 e. The zero-order chi connectivity index (χ0) is 19.2. The Kier molecular flexibility index (Phi) is 5.68. The normalized spacial score (nSPS) is 10.3. The van der Waals surface area contributed by atoms with Crippen LogP contribution < -0.4 is 10.6 Å². The van der Waals surface area contributed by atoms with Crippen LogP contribution in [0.3, 0.4) is 0 Å². The first-order chi connectivity index (χ1) is 13.0. The van der Waals surface area contributed by atoms with Crippen molar-refractivity contribution in [1.82, 2.24) is 4.90 Å². The highest BCUT2D eigenvalue weighted by atomic mass is 32.1. The summed E-state index contributed by atoms with van der Waals surface area (Å²) in [5, 5.41) is 7.22. The predicted molar refractivity (Wildman–Crippen MR) is 103 cm³/mol. The molecule has 2 N–H and O–H groups in total. The molecule has 0 aliphatic carbocycles. The van der Waals surface area contributed by atoms with Gasteiger partial charge in [-0.1, -0.05) is 6.07 Å². The maximum atomic E-state index is 12.1. The number of hydrogen-bond acceptors (Lipinski definition) is 5.